The Morgan fingerprint density at radius 2 is 1.78 bits per heavy atom. The minimum absolute atomic E-state index is 0.125. The summed E-state index contributed by atoms with van der Waals surface area (Å²) in [6.45, 7) is 10.4. The predicted octanol–water partition coefficient (Wildman–Crippen LogP) is 1.73. The molecule has 2 N–H and O–H groups in total. The van der Waals surface area contributed by atoms with Crippen molar-refractivity contribution in [2.75, 3.05) is 37.8 Å². The van der Waals surface area contributed by atoms with Crippen LogP contribution in [0, 0.1) is 0 Å². The van der Waals surface area contributed by atoms with Crippen LogP contribution in [0.2, 0.25) is 0 Å². The van der Waals surface area contributed by atoms with E-state index in [0.29, 0.717) is 16.7 Å². The van der Waals surface area contributed by atoms with Crippen LogP contribution >= 0.6 is 11.8 Å². The van der Waals surface area contributed by atoms with E-state index in [2.05, 4.69) is 39.4 Å². The molecular formula is C19H28N6OS. The number of hydrogen-bond acceptors (Lipinski definition) is 6. The molecule has 7 nitrogen and oxygen atoms in total. The summed E-state index contributed by atoms with van der Waals surface area (Å²) in [5, 5.41) is 8.87. The van der Waals surface area contributed by atoms with Gasteiger partial charge in [-0.1, -0.05) is 62.9 Å². The summed E-state index contributed by atoms with van der Waals surface area (Å²) >= 11 is 1.35. The van der Waals surface area contributed by atoms with Crippen molar-refractivity contribution in [3.8, 4) is 0 Å². The van der Waals surface area contributed by atoms with Gasteiger partial charge in [0.15, 0.2) is 5.82 Å². The van der Waals surface area contributed by atoms with Crippen LogP contribution in [0.15, 0.2) is 35.5 Å². The number of hydrogen-bond donors (Lipinski definition) is 1. The average Bonchev–Trinajstić information content (AvgIpc) is 3.02. The molecule has 1 aliphatic rings. The van der Waals surface area contributed by atoms with E-state index >= 15 is 0 Å². The normalized spacial score (nSPS) is 15.9. The molecule has 3 rings (SSSR count). The first-order chi connectivity index (χ1) is 12.8. The summed E-state index contributed by atoms with van der Waals surface area (Å²) in [6, 6.07) is 10.4. The van der Waals surface area contributed by atoms with Crippen molar-refractivity contribution in [1.82, 2.24) is 24.7 Å². The second-order valence-corrected chi connectivity index (χ2v) is 8.80. The number of amides is 1. The van der Waals surface area contributed by atoms with Gasteiger partial charge in [-0.2, -0.15) is 0 Å². The Hall–Kier alpha value is -2.06. The zero-order chi connectivity index (χ0) is 19.4. The summed E-state index contributed by atoms with van der Waals surface area (Å²) in [4.78, 5) is 16.9. The molecule has 1 aromatic heterocycles. The standard InChI is InChI=1S/C19H28N6OS/c1-19(2,3)17-21-22-18(25(17)20)27-14-16(26)24-11-9-23(10-12-24)13-15-7-5-4-6-8-15/h4-8H,9-14,20H2,1-3H3. The number of aromatic nitrogens is 3. The molecule has 2 heterocycles. The van der Waals surface area contributed by atoms with Crippen molar-refractivity contribution < 1.29 is 4.79 Å². The molecule has 0 unspecified atom stereocenters. The van der Waals surface area contributed by atoms with Crippen LogP contribution in [-0.4, -0.2) is 62.5 Å². The van der Waals surface area contributed by atoms with Crippen LogP contribution in [0.4, 0.5) is 0 Å². The Bertz CT molecular complexity index is 762. The van der Waals surface area contributed by atoms with Gasteiger partial charge in [0.2, 0.25) is 11.1 Å². The Morgan fingerprint density at radius 1 is 1.11 bits per heavy atom. The summed E-state index contributed by atoms with van der Waals surface area (Å²) < 4.78 is 1.50. The zero-order valence-electron chi connectivity index (χ0n) is 16.3. The summed E-state index contributed by atoms with van der Waals surface area (Å²) in [5.74, 6) is 7.26. The van der Waals surface area contributed by atoms with E-state index in [9.17, 15) is 4.79 Å². The SMILES string of the molecule is CC(C)(C)c1nnc(SCC(=O)N2CCN(Cc3ccccc3)CC2)n1N. The molecule has 2 aromatic rings. The summed E-state index contributed by atoms with van der Waals surface area (Å²) in [6.07, 6.45) is 0. The average molecular weight is 389 g/mol. The third-order valence-corrected chi connectivity index (χ3v) is 5.56. The first kappa shape index (κ1) is 19.7. The highest BCUT2D eigenvalue weighted by molar-refractivity contribution is 7.99. The van der Waals surface area contributed by atoms with Gasteiger partial charge >= 0.3 is 0 Å². The molecule has 0 atom stereocenters. The van der Waals surface area contributed by atoms with Gasteiger partial charge in [0.05, 0.1) is 5.75 Å². The number of nitrogens with two attached hydrogens (primary N) is 1. The second kappa shape index (κ2) is 8.31. The number of nitrogen functional groups attached to an aromatic ring is 1. The fraction of sp³-hybridized carbons (Fsp3) is 0.526. The molecule has 1 aliphatic heterocycles. The molecule has 1 aromatic carbocycles. The Balaban J connectivity index is 1.47. The highest BCUT2D eigenvalue weighted by atomic mass is 32.2. The van der Waals surface area contributed by atoms with Gasteiger partial charge in [0, 0.05) is 38.1 Å². The summed E-state index contributed by atoms with van der Waals surface area (Å²) in [7, 11) is 0. The van der Waals surface area contributed by atoms with Crippen molar-refractivity contribution in [2.24, 2.45) is 0 Å². The van der Waals surface area contributed by atoms with Crippen LogP contribution < -0.4 is 5.84 Å². The highest BCUT2D eigenvalue weighted by Gasteiger charge is 2.25. The first-order valence-corrected chi connectivity index (χ1v) is 10.2. The monoisotopic (exact) mass is 388 g/mol. The van der Waals surface area contributed by atoms with Crippen molar-refractivity contribution >= 4 is 17.7 Å². The number of carbonyl (C=O) groups is 1. The maximum absolute atomic E-state index is 12.5. The van der Waals surface area contributed by atoms with Crippen molar-refractivity contribution in [3.63, 3.8) is 0 Å². The molecule has 146 valence electrons. The molecule has 0 bridgehead atoms. The number of rotatable bonds is 5. The van der Waals surface area contributed by atoms with Gasteiger partial charge in [-0.3, -0.25) is 9.69 Å². The Morgan fingerprint density at radius 3 is 2.37 bits per heavy atom. The molecule has 0 spiro atoms. The van der Waals surface area contributed by atoms with E-state index in [0.717, 1.165) is 32.7 Å². The van der Waals surface area contributed by atoms with Crippen LogP contribution in [0.3, 0.4) is 0 Å². The fourth-order valence-electron chi connectivity index (χ4n) is 3.10. The lowest BCUT2D eigenvalue weighted by Gasteiger charge is -2.34. The number of benzene rings is 1. The largest absolute Gasteiger partial charge is 0.339 e. The smallest absolute Gasteiger partial charge is 0.233 e. The van der Waals surface area contributed by atoms with E-state index in [-0.39, 0.29) is 11.3 Å². The van der Waals surface area contributed by atoms with Gasteiger partial charge in [-0.25, -0.2) is 4.68 Å². The molecule has 8 heteroatoms. The predicted molar refractivity (Wildman–Crippen MR) is 108 cm³/mol. The number of piperazine rings is 1. The van der Waals surface area contributed by atoms with Crippen LogP contribution in [0.1, 0.15) is 32.2 Å². The molecule has 0 saturated carbocycles. The minimum atomic E-state index is -0.181. The van der Waals surface area contributed by atoms with Crippen LogP contribution in [0.5, 0.6) is 0 Å². The number of nitrogens with zero attached hydrogens (tertiary/aromatic N) is 5. The van der Waals surface area contributed by atoms with E-state index < -0.39 is 0 Å². The topological polar surface area (TPSA) is 80.3 Å². The quantitative estimate of drug-likeness (QED) is 0.621. The van der Waals surface area contributed by atoms with E-state index in [1.54, 1.807) is 0 Å². The van der Waals surface area contributed by atoms with E-state index in [1.165, 1.54) is 22.0 Å². The third kappa shape index (κ3) is 5.01. The van der Waals surface area contributed by atoms with Crippen LogP contribution in [0.25, 0.3) is 0 Å². The molecule has 1 saturated heterocycles. The van der Waals surface area contributed by atoms with Gasteiger partial charge in [0.1, 0.15) is 0 Å². The van der Waals surface area contributed by atoms with Crippen molar-refractivity contribution in [2.45, 2.75) is 37.9 Å². The van der Waals surface area contributed by atoms with Gasteiger partial charge in [0.25, 0.3) is 0 Å². The van der Waals surface area contributed by atoms with Gasteiger partial charge < -0.3 is 10.7 Å². The van der Waals surface area contributed by atoms with E-state index in [1.807, 2.05) is 31.7 Å². The van der Waals surface area contributed by atoms with E-state index in [4.69, 9.17) is 5.84 Å². The molecule has 27 heavy (non-hydrogen) atoms. The first-order valence-electron chi connectivity index (χ1n) is 9.22. The third-order valence-electron chi connectivity index (χ3n) is 4.63. The van der Waals surface area contributed by atoms with Crippen molar-refractivity contribution in [1.29, 1.82) is 0 Å². The lowest BCUT2D eigenvalue weighted by molar-refractivity contribution is -0.130. The maximum atomic E-state index is 12.5. The molecule has 0 aliphatic carbocycles. The lowest BCUT2D eigenvalue weighted by atomic mass is 9.96. The van der Waals surface area contributed by atoms with Gasteiger partial charge in [-0.05, 0) is 5.56 Å². The van der Waals surface area contributed by atoms with Crippen molar-refractivity contribution in [3.05, 3.63) is 41.7 Å². The molecular weight excluding hydrogens is 360 g/mol. The minimum Gasteiger partial charge on any atom is -0.339 e. The Labute approximate surface area is 164 Å². The fourth-order valence-corrected chi connectivity index (χ4v) is 3.86. The lowest BCUT2D eigenvalue weighted by Crippen LogP contribution is -2.48. The number of carbonyl (C=O) groups excluding carboxylic acids is 1. The Kier molecular flexibility index (Phi) is 6.06. The molecule has 1 amide bonds. The summed E-state index contributed by atoms with van der Waals surface area (Å²) in [5.41, 5.74) is 1.13. The van der Waals surface area contributed by atoms with Crippen LogP contribution in [-0.2, 0) is 16.8 Å². The molecule has 1 fully saturated rings. The zero-order valence-corrected chi connectivity index (χ0v) is 17.1. The molecule has 0 radical (unpaired) electrons. The maximum Gasteiger partial charge on any atom is 0.233 e. The van der Waals surface area contributed by atoms with Gasteiger partial charge in [-0.15, -0.1) is 10.2 Å². The number of thioether (sulfide) groups is 1. The highest BCUT2D eigenvalue weighted by Crippen LogP contribution is 2.23. The second-order valence-electron chi connectivity index (χ2n) is 7.86.